The normalized spacial score (nSPS) is 19.0. The first-order chi connectivity index (χ1) is 11.1. The third-order valence-electron chi connectivity index (χ3n) is 3.89. The summed E-state index contributed by atoms with van der Waals surface area (Å²) in [5.41, 5.74) is 9.26. The molecule has 1 heterocycles. The Hall–Kier alpha value is -1.95. The quantitative estimate of drug-likeness (QED) is 0.366. The lowest BCUT2D eigenvalue weighted by Crippen LogP contribution is -2.41. The molecule has 2 rings (SSSR count). The van der Waals surface area contributed by atoms with E-state index in [0.717, 1.165) is 18.4 Å². The highest BCUT2D eigenvalue weighted by Gasteiger charge is 2.31. The van der Waals surface area contributed by atoms with Gasteiger partial charge in [-0.3, -0.25) is 0 Å². The van der Waals surface area contributed by atoms with E-state index in [2.05, 4.69) is 10.0 Å². The minimum absolute atomic E-state index is 0.0457. The number of rotatable bonds is 6. The molecule has 1 amide bonds. The molecule has 2 unspecified atom stereocenters. The van der Waals surface area contributed by atoms with E-state index in [4.69, 9.17) is 21.9 Å². The van der Waals surface area contributed by atoms with Gasteiger partial charge in [-0.2, -0.15) is 0 Å². The summed E-state index contributed by atoms with van der Waals surface area (Å²) in [5, 5.41) is 13.3. The SMILES string of the molecule is [N-]=[N+]=NCCOC(c1cccc(Cl)c1)C1CCCN(C(=O)O)C1. The maximum absolute atomic E-state index is 11.2. The fourth-order valence-electron chi connectivity index (χ4n) is 2.88. The van der Waals surface area contributed by atoms with E-state index in [-0.39, 0.29) is 25.2 Å². The van der Waals surface area contributed by atoms with E-state index in [1.807, 2.05) is 18.2 Å². The first kappa shape index (κ1) is 17.4. The molecule has 1 aliphatic heterocycles. The zero-order valence-corrected chi connectivity index (χ0v) is 13.4. The fourth-order valence-corrected chi connectivity index (χ4v) is 3.08. The second-order valence-corrected chi connectivity index (χ2v) is 5.87. The highest BCUT2D eigenvalue weighted by atomic mass is 35.5. The van der Waals surface area contributed by atoms with E-state index in [0.29, 0.717) is 18.1 Å². The molecule has 0 aliphatic carbocycles. The molecule has 124 valence electrons. The summed E-state index contributed by atoms with van der Waals surface area (Å²) in [4.78, 5) is 15.3. The number of amides is 1. The van der Waals surface area contributed by atoms with Gasteiger partial charge in [-0.25, -0.2) is 4.79 Å². The van der Waals surface area contributed by atoms with Crippen molar-refractivity contribution < 1.29 is 14.6 Å². The number of hydrogen-bond acceptors (Lipinski definition) is 3. The molecular formula is C15H19ClN4O3. The van der Waals surface area contributed by atoms with Crippen molar-refractivity contribution in [3.8, 4) is 0 Å². The fraction of sp³-hybridized carbons (Fsp3) is 0.533. The number of azide groups is 1. The molecule has 0 radical (unpaired) electrons. The molecule has 0 saturated carbocycles. The zero-order chi connectivity index (χ0) is 16.7. The Labute approximate surface area is 139 Å². The molecule has 0 aromatic heterocycles. The number of carbonyl (C=O) groups is 1. The number of halogens is 1. The highest BCUT2D eigenvalue weighted by Crippen LogP contribution is 2.33. The minimum Gasteiger partial charge on any atom is -0.465 e. The number of benzene rings is 1. The molecule has 2 atom stereocenters. The van der Waals surface area contributed by atoms with E-state index in [1.165, 1.54) is 4.90 Å². The summed E-state index contributed by atoms with van der Waals surface area (Å²) < 4.78 is 5.91. The second kappa shape index (κ2) is 8.62. The van der Waals surface area contributed by atoms with Crippen molar-refractivity contribution in [2.75, 3.05) is 26.2 Å². The summed E-state index contributed by atoms with van der Waals surface area (Å²) in [6.07, 6.45) is 0.495. The average Bonchev–Trinajstić information content (AvgIpc) is 2.55. The van der Waals surface area contributed by atoms with Crippen molar-refractivity contribution >= 4 is 17.7 Å². The first-order valence-corrected chi connectivity index (χ1v) is 7.85. The van der Waals surface area contributed by atoms with Crippen LogP contribution in [0.4, 0.5) is 4.79 Å². The van der Waals surface area contributed by atoms with Crippen molar-refractivity contribution in [3.05, 3.63) is 45.3 Å². The van der Waals surface area contributed by atoms with E-state index >= 15 is 0 Å². The third-order valence-corrected chi connectivity index (χ3v) is 4.12. The van der Waals surface area contributed by atoms with Crippen LogP contribution in [0.1, 0.15) is 24.5 Å². The summed E-state index contributed by atoms with van der Waals surface area (Å²) in [7, 11) is 0. The van der Waals surface area contributed by atoms with Crippen molar-refractivity contribution in [2.24, 2.45) is 11.0 Å². The van der Waals surface area contributed by atoms with Gasteiger partial charge in [-0.1, -0.05) is 28.8 Å². The molecule has 7 nitrogen and oxygen atoms in total. The molecule has 1 fully saturated rings. The van der Waals surface area contributed by atoms with Gasteiger partial charge in [-0.15, -0.1) is 0 Å². The summed E-state index contributed by atoms with van der Waals surface area (Å²) in [5.74, 6) is 0.0457. The van der Waals surface area contributed by atoms with Crippen LogP contribution in [0.3, 0.4) is 0 Å². The summed E-state index contributed by atoms with van der Waals surface area (Å²) in [6.45, 7) is 1.49. The smallest absolute Gasteiger partial charge is 0.407 e. The number of hydrogen-bond donors (Lipinski definition) is 1. The van der Waals surface area contributed by atoms with Gasteiger partial charge < -0.3 is 14.7 Å². The Bertz CT molecular complexity index is 592. The van der Waals surface area contributed by atoms with Crippen molar-refractivity contribution in [2.45, 2.75) is 18.9 Å². The summed E-state index contributed by atoms with van der Waals surface area (Å²) in [6, 6.07) is 7.38. The van der Waals surface area contributed by atoms with Crippen LogP contribution in [0, 0.1) is 5.92 Å². The van der Waals surface area contributed by atoms with Crippen LogP contribution >= 0.6 is 11.6 Å². The van der Waals surface area contributed by atoms with Gasteiger partial charge in [0.15, 0.2) is 0 Å². The lowest BCUT2D eigenvalue weighted by Gasteiger charge is -2.35. The van der Waals surface area contributed by atoms with E-state index in [9.17, 15) is 9.90 Å². The van der Waals surface area contributed by atoms with Gasteiger partial charge in [0.1, 0.15) is 0 Å². The Balaban J connectivity index is 2.14. The number of nitrogens with zero attached hydrogens (tertiary/aromatic N) is 4. The van der Waals surface area contributed by atoms with Crippen molar-refractivity contribution in [1.82, 2.24) is 4.90 Å². The Morgan fingerprint density at radius 3 is 3.13 bits per heavy atom. The van der Waals surface area contributed by atoms with Gasteiger partial charge in [0, 0.05) is 35.5 Å². The van der Waals surface area contributed by atoms with Crippen LogP contribution in [0.2, 0.25) is 5.02 Å². The minimum atomic E-state index is -0.909. The van der Waals surface area contributed by atoms with E-state index in [1.54, 1.807) is 6.07 Å². The number of ether oxygens (including phenoxy) is 1. The predicted molar refractivity (Wildman–Crippen MR) is 86.5 cm³/mol. The molecule has 1 saturated heterocycles. The molecule has 1 aromatic carbocycles. The Morgan fingerprint density at radius 1 is 1.61 bits per heavy atom. The maximum atomic E-state index is 11.2. The van der Waals surface area contributed by atoms with Gasteiger partial charge >= 0.3 is 6.09 Å². The molecule has 8 heteroatoms. The van der Waals surface area contributed by atoms with Gasteiger partial charge in [0.2, 0.25) is 0 Å². The van der Waals surface area contributed by atoms with Crippen LogP contribution in [0.25, 0.3) is 10.4 Å². The monoisotopic (exact) mass is 338 g/mol. The van der Waals surface area contributed by atoms with Crippen LogP contribution < -0.4 is 0 Å². The topological polar surface area (TPSA) is 98.5 Å². The van der Waals surface area contributed by atoms with Gasteiger partial charge in [0.25, 0.3) is 0 Å². The van der Waals surface area contributed by atoms with Crippen molar-refractivity contribution in [1.29, 1.82) is 0 Å². The third kappa shape index (κ3) is 5.03. The zero-order valence-electron chi connectivity index (χ0n) is 12.6. The second-order valence-electron chi connectivity index (χ2n) is 5.43. The number of likely N-dealkylation sites (tertiary alicyclic amines) is 1. The molecule has 1 aliphatic rings. The first-order valence-electron chi connectivity index (χ1n) is 7.47. The molecule has 1 aromatic rings. The Morgan fingerprint density at radius 2 is 2.43 bits per heavy atom. The number of piperidine rings is 1. The van der Waals surface area contributed by atoms with E-state index < -0.39 is 6.09 Å². The lowest BCUT2D eigenvalue weighted by molar-refractivity contribution is -0.00971. The van der Waals surface area contributed by atoms with Crippen molar-refractivity contribution in [3.63, 3.8) is 0 Å². The predicted octanol–water partition coefficient (Wildman–Crippen LogP) is 4.10. The molecule has 0 spiro atoms. The number of carboxylic acid groups (broad SMARTS) is 1. The summed E-state index contributed by atoms with van der Waals surface area (Å²) >= 11 is 6.06. The van der Waals surface area contributed by atoms with Crippen LogP contribution in [-0.2, 0) is 4.74 Å². The average molecular weight is 339 g/mol. The van der Waals surface area contributed by atoms with Crippen LogP contribution in [-0.4, -0.2) is 42.3 Å². The molecule has 0 bridgehead atoms. The lowest BCUT2D eigenvalue weighted by atomic mass is 9.88. The van der Waals surface area contributed by atoms with Gasteiger partial charge in [-0.05, 0) is 36.1 Å². The Kier molecular flexibility index (Phi) is 6.52. The van der Waals surface area contributed by atoms with Crippen LogP contribution in [0.5, 0.6) is 0 Å². The molecular weight excluding hydrogens is 320 g/mol. The highest BCUT2D eigenvalue weighted by molar-refractivity contribution is 6.30. The van der Waals surface area contributed by atoms with Gasteiger partial charge in [0.05, 0.1) is 12.7 Å². The molecule has 23 heavy (non-hydrogen) atoms. The largest absolute Gasteiger partial charge is 0.465 e. The molecule has 1 N–H and O–H groups in total. The standard InChI is InChI=1S/C15H19ClN4O3/c16-13-5-1-3-11(9-13)14(23-8-6-18-19-17)12-4-2-7-20(10-12)15(21)22/h1,3,5,9,12,14H,2,4,6-8,10H2,(H,21,22). The van der Waals surface area contributed by atoms with Crippen LogP contribution in [0.15, 0.2) is 29.4 Å². The maximum Gasteiger partial charge on any atom is 0.407 e.